The third-order valence-electron chi connectivity index (χ3n) is 6.13. The lowest BCUT2D eigenvalue weighted by atomic mass is 9.97. The second-order valence-electron chi connectivity index (χ2n) is 9.53. The molecular formula is C26H30N4O4S. The number of rotatable bonds is 7. The predicted molar refractivity (Wildman–Crippen MR) is 134 cm³/mol. The first-order valence-electron chi connectivity index (χ1n) is 11.6. The first kappa shape index (κ1) is 24.7. The van der Waals surface area contributed by atoms with Crippen LogP contribution in [0.1, 0.15) is 56.1 Å². The molecule has 0 aliphatic carbocycles. The van der Waals surface area contributed by atoms with Crippen molar-refractivity contribution in [2.45, 2.75) is 50.8 Å². The van der Waals surface area contributed by atoms with Gasteiger partial charge in [-0.1, -0.05) is 43.3 Å². The topological polar surface area (TPSA) is 101 Å². The van der Waals surface area contributed by atoms with Gasteiger partial charge in [0.25, 0.3) is 15.9 Å². The SMILES string of the molecule is CC1CN(c2ncccc2C(=O)NS(=O)(=O)c2cccc(OC(C)c3ccccc3)n2)C(C)(C)C1. The van der Waals surface area contributed by atoms with Gasteiger partial charge >= 0.3 is 0 Å². The normalized spacial score (nSPS) is 18.2. The van der Waals surface area contributed by atoms with Gasteiger partial charge in [0.05, 0.1) is 5.56 Å². The summed E-state index contributed by atoms with van der Waals surface area (Å²) in [5.41, 5.74) is 0.923. The molecule has 0 bridgehead atoms. The van der Waals surface area contributed by atoms with E-state index < -0.39 is 15.9 Å². The van der Waals surface area contributed by atoms with Crippen LogP contribution in [0.4, 0.5) is 5.82 Å². The highest BCUT2D eigenvalue weighted by Gasteiger charge is 2.39. The molecule has 184 valence electrons. The maximum absolute atomic E-state index is 13.1. The summed E-state index contributed by atoms with van der Waals surface area (Å²) in [5, 5.41) is -0.302. The van der Waals surface area contributed by atoms with E-state index >= 15 is 0 Å². The fourth-order valence-electron chi connectivity index (χ4n) is 4.56. The number of hydrogen-bond acceptors (Lipinski definition) is 7. The first-order chi connectivity index (χ1) is 16.6. The van der Waals surface area contributed by atoms with E-state index in [4.69, 9.17) is 4.74 Å². The number of amides is 1. The van der Waals surface area contributed by atoms with Gasteiger partial charge in [0.1, 0.15) is 11.9 Å². The molecule has 0 radical (unpaired) electrons. The summed E-state index contributed by atoms with van der Waals surface area (Å²) >= 11 is 0. The van der Waals surface area contributed by atoms with E-state index in [1.165, 1.54) is 12.1 Å². The maximum atomic E-state index is 13.1. The number of anilines is 1. The van der Waals surface area contributed by atoms with Crippen molar-refractivity contribution >= 4 is 21.7 Å². The Morgan fingerprint density at radius 1 is 1.11 bits per heavy atom. The molecule has 2 atom stereocenters. The van der Waals surface area contributed by atoms with E-state index in [0.717, 1.165) is 18.5 Å². The molecule has 3 heterocycles. The predicted octanol–water partition coefficient (Wildman–Crippen LogP) is 4.36. The van der Waals surface area contributed by atoms with Crippen LogP contribution < -0.4 is 14.4 Å². The third kappa shape index (κ3) is 5.45. The zero-order valence-corrected chi connectivity index (χ0v) is 21.1. The number of nitrogens with one attached hydrogen (secondary N) is 1. The van der Waals surface area contributed by atoms with Gasteiger partial charge < -0.3 is 9.64 Å². The molecule has 1 aliphatic heterocycles. The van der Waals surface area contributed by atoms with Gasteiger partial charge in [-0.3, -0.25) is 4.79 Å². The average Bonchev–Trinajstić information content (AvgIpc) is 3.11. The van der Waals surface area contributed by atoms with E-state index in [2.05, 4.69) is 40.4 Å². The first-order valence-corrected chi connectivity index (χ1v) is 13.0. The Hall–Kier alpha value is -3.46. The second kappa shape index (κ2) is 9.65. The third-order valence-corrected chi connectivity index (χ3v) is 7.36. The quantitative estimate of drug-likeness (QED) is 0.521. The van der Waals surface area contributed by atoms with Gasteiger partial charge in [-0.15, -0.1) is 0 Å². The Morgan fingerprint density at radius 3 is 2.54 bits per heavy atom. The number of carbonyl (C=O) groups is 1. The van der Waals surface area contributed by atoms with Crippen LogP contribution in [0.2, 0.25) is 0 Å². The highest BCUT2D eigenvalue weighted by atomic mass is 32.2. The van der Waals surface area contributed by atoms with Crippen molar-refractivity contribution < 1.29 is 17.9 Å². The minimum atomic E-state index is -4.25. The molecule has 35 heavy (non-hydrogen) atoms. The molecule has 0 saturated carbocycles. The van der Waals surface area contributed by atoms with Gasteiger partial charge in [-0.05, 0) is 56.9 Å². The van der Waals surface area contributed by atoms with Crippen LogP contribution in [0.5, 0.6) is 5.88 Å². The van der Waals surface area contributed by atoms with Crippen LogP contribution in [0.15, 0.2) is 71.9 Å². The highest BCUT2D eigenvalue weighted by molar-refractivity contribution is 7.90. The van der Waals surface area contributed by atoms with E-state index in [1.807, 2.05) is 37.3 Å². The lowest BCUT2D eigenvalue weighted by Gasteiger charge is -2.33. The summed E-state index contributed by atoms with van der Waals surface area (Å²) in [6.07, 6.45) is 2.22. The highest BCUT2D eigenvalue weighted by Crippen LogP contribution is 2.37. The van der Waals surface area contributed by atoms with Gasteiger partial charge in [-0.2, -0.15) is 13.4 Å². The van der Waals surface area contributed by atoms with Crippen LogP contribution in [0.25, 0.3) is 0 Å². The van der Waals surface area contributed by atoms with Crippen LogP contribution in [0, 0.1) is 5.92 Å². The van der Waals surface area contributed by atoms with Crippen molar-refractivity contribution in [3.63, 3.8) is 0 Å². The van der Waals surface area contributed by atoms with Crippen LogP contribution in [-0.4, -0.2) is 36.4 Å². The second-order valence-corrected chi connectivity index (χ2v) is 11.2. The molecule has 0 spiro atoms. The zero-order chi connectivity index (χ0) is 25.2. The summed E-state index contributed by atoms with van der Waals surface area (Å²) in [6.45, 7) is 8.92. The van der Waals surface area contributed by atoms with Gasteiger partial charge in [0.15, 0.2) is 5.03 Å². The fourth-order valence-corrected chi connectivity index (χ4v) is 5.49. The fraction of sp³-hybridized carbons (Fsp3) is 0.346. The zero-order valence-electron chi connectivity index (χ0n) is 20.3. The number of hydrogen-bond donors (Lipinski definition) is 1. The molecule has 1 saturated heterocycles. The van der Waals surface area contributed by atoms with Crippen molar-refractivity contribution in [2.24, 2.45) is 5.92 Å². The molecule has 8 nitrogen and oxygen atoms in total. The maximum Gasteiger partial charge on any atom is 0.281 e. The Morgan fingerprint density at radius 2 is 1.86 bits per heavy atom. The lowest BCUT2D eigenvalue weighted by molar-refractivity contribution is 0.0981. The minimum Gasteiger partial charge on any atom is -0.470 e. The van der Waals surface area contributed by atoms with Crippen molar-refractivity contribution in [1.82, 2.24) is 14.7 Å². The Labute approximate surface area is 206 Å². The number of carbonyl (C=O) groups excluding carboxylic acids is 1. The molecular weight excluding hydrogens is 464 g/mol. The molecule has 3 aromatic rings. The van der Waals surface area contributed by atoms with Crippen LogP contribution in [-0.2, 0) is 10.0 Å². The van der Waals surface area contributed by atoms with E-state index in [9.17, 15) is 13.2 Å². The largest absolute Gasteiger partial charge is 0.470 e. The Kier molecular flexibility index (Phi) is 6.80. The minimum absolute atomic E-state index is 0.145. The molecule has 2 unspecified atom stereocenters. The van der Waals surface area contributed by atoms with Gasteiger partial charge in [0, 0.05) is 24.3 Å². The summed E-state index contributed by atoms with van der Waals surface area (Å²) in [6, 6.07) is 17.2. The van der Waals surface area contributed by atoms with Gasteiger partial charge in [0.2, 0.25) is 5.88 Å². The molecule has 1 aliphatic rings. The molecule has 1 N–H and O–H groups in total. The number of aromatic nitrogens is 2. The molecule has 1 fully saturated rings. The molecule has 9 heteroatoms. The van der Waals surface area contributed by atoms with Crippen LogP contribution in [0.3, 0.4) is 0 Å². The summed E-state index contributed by atoms with van der Waals surface area (Å²) < 4.78 is 34.1. The van der Waals surface area contributed by atoms with Crippen molar-refractivity contribution in [3.8, 4) is 5.88 Å². The standard InChI is InChI=1S/C26H30N4O4S/c1-18-16-26(3,4)30(17-18)24-21(12-9-15-27-24)25(31)29-35(32,33)23-14-8-13-22(28-23)34-19(2)20-10-6-5-7-11-20/h5-15,18-19H,16-17H2,1-4H3,(H,29,31). The molecule has 4 rings (SSSR count). The Bertz CT molecular complexity index is 1310. The van der Waals surface area contributed by atoms with Crippen molar-refractivity contribution in [1.29, 1.82) is 0 Å². The molecule has 1 amide bonds. The smallest absolute Gasteiger partial charge is 0.281 e. The molecule has 2 aromatic heterocycles. The van der Waals surface area contributed by atoms with E-state index in [0.29, 0.717) is 11.7 Å². The van der Waals surface area contributed by atoms with Gasteiger partial charge in [-0.25, -0.2) is 9.71 Å². The number of pyridine rings is 2. The number of benzene rings is 1. The number of ether oxygens (including phenoxy) is 1. The Balaban J connectivity index is 1.55. The number of nitrogens with zero attached hydrogens (tertiary/aromatic N) is 3. The average molecular weight is 495 g/mol. The van der Waals surface area contributed by atoms with Crippen molar-refractivity contribution in [3.05, 3.63) is 78.0 Å². The summed E-state index contributed by atoms with van der Waals surface area (Å²) in [4.78, 5) is 23.8. The van der Waals surface area contributed by atoms with Crippen molar-refractivity contribution in [2.75, 3.05) is 11.4 Å². The monoisotopic (exact) mass is 494 g/mol. The van der Waals surface area contributed by atoms with E-state index in [-0.39, 0.29) is 28.1 Å². The summed E-state index contributed by atoms with van der Waals surface area (Å²) in [5.74, 6) is 0.286. The lowest BCUT2D eigenvalue weighted by Crippen LogP contribution is -2.41. The van der Waals surface area contributed by atoms with Crippen LogP contribution >= 0.6 is 0 Å². The molecule has 1 aromatic carbocycles. The van der Waals surface area contributed by atoms with E-state index in [1.54, 1.807) is 24.4 Å². The number of sulfonamides is 1. The summed E-state index contributed by atoms with van der Waals surface area (Å²) in [7, 11) is -4.25.